The smallest absolute Gasteiger partial charge is 0.291 e. The number of fused-ring (bicyclic) bond motifs is 2. The summed E-state index contributed by atoms with van der Waals surface area (Å²) in [6.07, 6.45) is 4.76. The fourth-order valence-corrected chi connectivity index (χ4v) is 3.69. The Labute approximate surface area is 162 Å². The first-order valence-electron chi connectivity index (χ1n) is 9.80. The Bertz CT molecular complexity index is 948. The van der Waals surface area contributed by atoms with Crippen molar-refractivity contribution in [3.05, 3.63) is 35.4 Å². The van der Waals surface area contributed by atoms with Gasteiger partial charge in [-0.25, -0.2) is 4.98 Å². The molecule has 0 atom stereocenters. The van der Waals surface area contributed by atoms with E-state index in [0.717, 1.165) is 37.8 Å². The van der Waals surface area contributed by atoms with Gasteiger partial charge >= 0.3 is 0 Å². The summed E-state index contributed by atoms with van der Waals surface area (Å²) in [6, 6.07) is 5.54. The molecule has 0 unspecified atom stereocenters. The molecule has 3 heterocycles. The van der Waals surface area contributed by atoms with E-state index in [0.29, 0.717) is 42.6 Å². The third-order valence-electron chi connectivity index (χ3n) is 5.25. The summed E-state index contributed by atoms with van der Waals surface area (Å²) in [5.74, 6) is 1.06. The third kappa shape index (κ3) is 3.19. The van der Waals surface area contributed by atoms with Gasteiger partial charge < -0.3 is 24.7 Å². The van der Waals surface area contributed by atoms with E-state index in [1.54, 1.807) is 18.2 Å². The van der Waals surface area contributed by atoms with Crippen LogP contribution in [0.3, 0.4) is 0 Å². The van der Waals surface area contributed by atoms with Gasteiger partial charge in [-0.3, -0.25) is 9.59 Å². The molecule has 2 aliphatic heterocycles. The molecule has 0 saturated heterocycles. The highest BCUT2D eigenvalue weighted by Gasteiger charge is 2.31. The molecule has 8 nitrogen and oxygen atoms in total. The van der Waals surface area contributed by atoms with Crippen molar-refractivity contribution in [1.82, 2.24) is 14.9 Å². The van der Waals surface area contributed by atoms with E-state index in [1.807, 2.05) is 4.57 Å². The molecular weight excluding hydrogens is 360 g/mol. The van der Waals surface area contributed by atoms with Crippen LogP contribution in [0.15, 0.2) is 18.2 Å². The second-order valence-corrected chi connectivity index (χ2v) is 7.40. The number of carbonyl (C=O) groups excluding carboxylic acids is 2. The van der Waals surface area contributed by atoms with Crippen LogP contribution in [0.2, 0.25) is 0 Å². The summed E-state index contributed by atoms with van der Waals surface area (Å²) < 4.78 is 13.0. The van der Waals surface area contributed by atoms with Crippen LogP contribution in [-0.2, 0) is 13.0 Å². The highest BCUT2D eigenvalue weighted by atomic mass is 16.6. The lowest BCUT2D eigenvalue weighted by Crippen LogP contribution is -2.27. The molecule has 2 amide bonds. The van der Waals surface area contributed by atoms with Gasteiger partial charge in [0.1, 0.15) is 18.9 Å². The number of nitrogens with zero attached hydrogens (tertiary/aromatic N) is 2. The summed E-state index contributed by atoms with van der Waals surface area (Å²) in [5, 5.41) is 5.85. The molecular formula is C20H22N4O4. The lowest BCUT2D eigenvalue weighted by Gasteiger charge is -2.19. The van der Waals surface area contributed by atoms with Gasteiger partial charge in [-0.05, 0) is 44.2 Å². The van der Waals surface area contributed by atoms with Crippen molar-refractivity contribution < 1.29 is 19.1 Å². The second kappa shape index (κ2) is 6.85. The fourth-order valence-electron chi connectivity index (χ4n) is 3.69. The van der Waals surface area contributed by atoms with Crippen molar-refractivity contribution in [1.29, 1.82) is 0 Å². The largest absolute Gasteiger partial charge is 0.486 e. The second-order valence-electron chi connectivity index (χ2n) is 7.40. The molecule has 1 aliphatic carbocycles. The Morgan fingerprint density at radius 1 is 1.07 bits per heavy atom. The van der Waals surface area contributed by atoms with Crippen molar-refractivity contribution in [2.45, 2.75) is 44.7 Å². The van der Waals surface area contributed by atoms with Gasteiger partial charge in [0.15, 0.2) is 17.3 Å². The molecule has 28 heavy (non-hydrogen) atoms. The maximum Gasteiger partial charge on any atom is 0.291 e. The van der Waals surface area contributed by atoms with Gasteiger partial charge in [0.05, 0.1) is 5.69 Å². The summed E-state index contributed by atoms with van der Waals surface area (Å²) >= 11 is 0. The lowest BCUT2D eigenvalue weighted by molar-refractivity contribution is 0.0945. The normalized spacial score (nSPS) is 17.6. The van der Waals surface area contributed by atoms with Crippen molar-refractivity contribution >= 4 is 17.5 Å². The van der Waals surface area contributed by atoms with Gasteiger partial charge in [-0.2, -0.15) is 0 Å². The number of hydrogen-bond acceptors (Lipinski definition) is 5. The maximum atomic E-state index is 12.9. The molecule has 2 aromatic rings. The highest BCUT2D eigenvalue weighted by molar-refractivity contribution is 6.04. The Morgan fingerprint density at radius 3 is 2.71 bits per heavy atom. The van der Waals surface area contributed by atoms with Gasteiger partial charge in [-0.15, -0.1) is 0 Å². The SMILES string of the molecule is O=C(NC1CC1)c1nc(C(=O)Nc2ccc3c(c2)OCCO3)n2c1CCCC2. The first-order chi connectivity index (χ1) is 13.7. The molecule has 1 saturated carbocycles. The lowest BCUT2D eigenvalue weighted by atomic mass is 10.1. The maximum absolute atomic E-state index is 12.9. The number of rotatable bonds is 4. The summed E-state index contributed by atoms with van der Waals surface area (Å²) in [7, 11) is 0. The number of ether oxygens (including phenoxy) is 2. The van der Waals surface area contributed by atoms with E-state index in [4.69, 9.17) is 9.47 Å². The fraction of sp³-hybridized carbons (Fsp3) is 0.450. The first-order valence-corrected chi connectivity index (χ1v) is 9.80. The number of carbonyl (C=O) groups is 2. The molecule has 3 aliphatic rings. The van der Waals surface area contributed by atoms with Crippen molar-refractivity contribution in [2.75, 3.05) is 18.5 Å². The van der Waals surface area contributed by atoms with E-state index in [9.17, 15) is 9.59 Å². The summed E-state index contributed by atoms with van der Waals surface area (Å²) in [6.45, 7) is 1.70. The Morgan fingerprint density at radius 2 is 1.89 bits per heavy atom. The molecule has 2 N–H and O–H groups in total. The van der Waals surface area contributed by atoms with E-state index >= 15 is 0 Å². The molecule has 5 rings (SSSR count). The molecule has 146 valence electrons. The minimum absolute atomic E-state index is 0.175. The number of hydrogen-bond donors (Lipinski definition) is 2. The van der Waals surface area contributed by atoms with E-state index < -0.39 is 0 Å². The van der Waals surface area contributed by atoms with Crippen molar-refractivity contribution in [3.63, 3.8) is 0 Å². The molecule has 0 radical (unpaired) electrons. The molecule has 0 bridgehead atoms. The van der Waals surface area contributed by atoms with Gasteiger partial charge in [0.25, 0.3) is 11.8 Å². The van der Waals surface area contributed by atoms with Crippen molar-refractivity contribution in [3.8, 4) is 11.5 Å². The number of imidazole rings is 1. The standard InChI is InChI=1S/C20H22N4O4/c25-19(21-12-4-5-12)17-14-3-1-2-8-24(14)18(23-17)20(26)22-13-6-7-15-16(11-13)28-10-9-27-15/h6-7,11-12H,1-5,8-10H2,(H,21,25)(H,22,26). The zero-order chi connectivity index (χ0) is 19.1. The van der Waals surface area contributed by atoms with Crippen LogP contribution in [0.4, 0.5) is 5.69 Å². The van der Waals surface area contributed by atoms with Gasteiger partial charge in [0, 0.05) is 24.3 Å². The number of anilines is 1. The van der Waals surface area contributed by atoms with Crippen molar-refractivity contribution in [2.24, 2.45) is 0 Å². The third-order valence-corrected chi connectivity index (χ3v) is 5.25. The van der Waals surface area contributed by atoms with Gasteiger partial charge in [0.2, 0.25) is 0 Å². The number of nitrogens with one attached hydrogen (secondary N) is 2. The average Bonchev–Trinajstić information content (AvgIpc) is 3.44. The van der Waals surface area contributed by atoms with E-state index in [2.05, 4.69) is 15.6 Å². The van der Waals surface area contributed by atoms with Gasteiger partial charge in [-0.1, -0.05) is 0 Å². The molecule has 1 fully saturated rings. The minimum Gasteiger partial charge on any atom is -0.486 e. The minimum atomic E-state index is -0.328. The summed E-state index contributed by atoms with van der Waals surface area (Å²) in [4.78, 5) is 29.9. The zero-order valence-corrected chi connectivity index (χ0v) is 15.5. The van der Waals surface area contributed by atoms with Crippen LogP contribution in [0.25, 0.3) is 0 Å². The number of amides is 2. The predicted octanol–water partition coefficient (Wildman–Crippen LogP) is 2.14. The van der Waals surface area contributed by atoms with Crippen LogP contribution in [0.1, 0.15) is 52.5 Å². The monoisotopic (exact) mass is 382 g/mol. The molecule has 1 aromatic heterocycles. The van der Waals surface area contributed by atoms with Crippen LogP contribution in [0.5, 0.6) is 11.5 Å². The quantitative estimate of drug-likeness (QED) is 0.845. The Kier molecular flexibility index (Phi) is 4.18. The first kappa shape index (κ1) is 17.1. The Hall–Kier alpha value is -3.03. The van der Waals surface area contributed by atoms with Crippen LogP contribution >= 0.6 is 0 Å². The topological polar surface area (TPSA) is 94.5 Å². The molecule has 0 spiro atoms. The molecule has 1 aromatic carbocycles. The number of benzene rings is 1. The molecule has 8 heteroatoms. The van der Waals surface area contributed by atoms with Crippen LogP contribution < -0.4 is 20.1 Å². The predicted molar refractivity (Wildman–Crippen MR) is 101 cm³/mol. The Balaban J connectivity index is 1.41. The van der Waals surface area contributed by atoms with Crippen LogP contribution in [0, 0.1) is 0 Å². The zero-order valence-electron chi connectivity index (χ0n) is 15.5. The van der Waals surface area contributed by atoms with E-state index in [1.165, 1.54) is 0 Å². The highest BCUT2D eigenvalue weighted by Crippen LogP contribution is 2.33. The number of aromatic nitrogens is 2. The van der Waals surface area contributed by atoms with Crippen LogP contribution in [-0.4, -0.2) is 40.6 Å². The average molecular weight is 382 g/mol. The summed E-state index contributed by atoms with van der Waals surface area (Å²) in [5.41, 5.74) is 1.85. The van der Waals surface area contributed by atoms with E-state index in [-0.39, 0.29) is 23.7 Å².